The van der Waals surface area contributed by atoms with Crippen LogP contribution in [-0.4, -0.2) is 16.1 Å². The second-order valence-corrected chi connectivity index (χ2v) is 8.51. The Balaban J connectivity index is 1.94. The molecule has 0 radical (unpaired) electrons. The van der Waals surface area contributed by atoms with Gasteiger partial charge in [0.05, 0.1) is 28.7 Å². The lowest BCUT2D eigenvalue weighted by Crippen LogP contribution is -2.14. The summed E-state index contributed by atoms with van der Waals surface area (Å²) in [5, 5.41) is 22.5. The average molecular weight is 492 g/mol. The Labute approximate surface area is 204 Å². The number of carboxylic acid groups (broad SMARTS) is 1. The number of halogens is 2. The smallest absolute Gasteiger partial charge is 0.356 e. The van der Waals surface area contributed by atoms with E-state index in [0.29, 0.717) is 10.9 Å². The molecule has 7 nitrogen and oxygen atoms in total. The van der Waals surface area contributed by atoms with E-state index < -0.39 is 17.8 Å². The first-order valence-electron chi connectivity index (χ1n) is 10.5. The van der Waals surface area contributed by atoms with Crippen LogP contribution in [0.1, 0.15) is 45.7 Å². The molecular formula is C26H19ClFN3O4. The number of carbonyl (C=O) groups is 1. The van der Waals surface area contributed by atoms with Gasteiger partial charge in [-0.3, -0.25) is 4.79 Å². The van der Waals surface area contributed by atoms with Crippen LogP contribution in [0.25, 0.3) is 22.3 Å². The molecule has 1 unspecified atom stereocenters. The molecule has 0 fully saturated rings. The van der Waals surface area contributed by atoms with E-state index in [0.717, 1.165) is 17.7 Å². The number of carboxylic acids is 1. The van der Waals surface area contributed by atoms with Crippen molar-refractivity contribution in [3.05, 3.63) is 91.6 Å². The lowest BCUT2D eigenvalue weighted by molar-refractivity contribution is 0.0691. The summed E-state index contributed by atoms with van der Waals surface area (Å²) in [6.45, 7) is 5.16. The Morgan fingerprint density at radius 1 is 1.23 bits per heavy atom. The largest absolute Gasteiger partial charge is 0.476 e. The van der Waals surface area contributed by atoms with Crippen molar-refractivity contribution < 1.29 is 18.7 Å². The van der Waals surface area contributed by atoms with E-state index in [1.165, 1.54) is 18.2 Å². The predicted molar refractivity (Wildman–Crippen MR) is 130 cm³/mol. The average Bonchev–Trinajstić information content (AvgIpc) is 2.82. The fourth-order valence-electron chi connectivity index (χ4n) is 3.97. The number of rotatable bonds is 5. The van der Waals surface area contributed by atoms with Gasteiger partial charge in [0.15, 0.2) is 11.1 Å². The van der Waals surface area contributed by atoms with Gasteiger partial charge >= 0.3 is 5.97 Å². The molecule has 4 rings (SSSR count). The lowest BCUT2D eigenvalue weighted by atomic mass is 9.97. The molecule has 35 heavy (non-hydrogen) atoms. The summed E-state index contributed by atoms with van der Waals surface area (Å²) in [7, 11) is 0. The highest BCUT2D eigenvalue weighted by atomic mass is 35.5. The molecule has 2 heterocycles. The maximum atomic E-state index is 14.0. The van der Waals surface area contributed by atoms with Gasteiger partial charge in [-0.05, 0) is 62.7 Å². The van der Waals surface area contributed by atoms with E-state index in [1.54, 1.807) is 19.9 Å². The quantitative estimate of drug-likeness (QED) is 0.328. The van der Waals surface area contributed by atoms with Crippen LogP contribution in [-0.2, 0) is 0 Å². The molecule has 0 amide bonds. The molecule has 0 aliphatic heterocycles. The van der Waals surface area contributed by atoms with E-state index in [1.807, 2.05) is 19.1 Å². The molecule has 2 N–H and O–H groups in total. The zero-order valence-corrected chi connectivity index (χ0v) is 19.7. The number of nitriles is 1. The third-order valence-corrected chi connectivity index (χ3v) is 5.85. The first kappa shape index (κ1) is 23.9. The molecule has 0 aliphatic rings. The fourth-order valence-corrected chi connectivity index (χ4v) is 4.12. The molecule has 176 valence electrons. The van der Waals surface area contributed by atoms with Crippen LogP contribution in [0.5, 0.6) is 0 Å². The van der Waals surface area contributed by atoms with Gasteiger partial charge in [-0.15, -0.1) is 0 Å². The van der Waals surface area contributed by atoms with E-state index >= 15 is 0 Å². The van der Waals surface area contributed by atoms with Gasteiger partial charge in [0.1, 0.15) is 22.3 Å². The number of fused-ring (bicyclic) bond motifs is 1. The normalized spacial score (nSPS) is 11.8. The molecule has 0 saturated heterocycles. The standard InChI is InChI=1S/C26H19ClFN3O4/c1-12-8-17(14(3)30-20-6-7-21(27)31-22(20)26(33)34)25-19(9-12)23(32)13(2)24(35-25)18-10-16(28)5-4-15(18)11-29/h4-10,14,30H,1-3H3,(H,33,34). The van der Waals surface area contributed by atoms with Crippen LogP contribution < -0.4 is 10.7 Å². The second-order valence-electron chi connectivity index (χ2n) is 8.12. The van der Waals surface area contributed by atoms with Crippen LogP contribution in [0, 0.1) is 31.0 Å². The van der Waals surface area contributed by atoms with Crippen LogP contribution in [0.15, 0.2) is 51.7 Å². The highest BCUT2D eigenvalue weighted by Gasteiger charge is 2.22. The van der Waals surface area contributed by atoms with Crippen molar-refractivity contribution in [3.8, 4) is 17.4 Å². The van der Waals surface area contributed by atoms with Crippen LogP contribution >= 0.6 is 11.6 Å². The van der Waals surface area contributed by atoms with Gasteiger partial charge in [0, 0.05) is 16.7 Å². The van der Waals surface area contributed by atoms with E-state index in [4.69, 9.17) is 16.0 Å². The third-order valence-electron chi connectivity index (χ3n) is 5.64. The highest BCUT2D eigenvalue weighted by Crippen LogP contribution is 2.34. The molecular weight excluding hydrogens is 473 g/mol. The molecule has 2 aromatic heterocycles. The van der Waals surface area contributed by atoms with E-state index in [-0.39, 0.29) is 50.0 Å². The molecule has 2 aromatic carbocycles. The number of benzene rings is 2. The van der Waals surface area contributed by atoms with Gasteiger partial charge in [0.2, 0.25) is 0 Å². The summed E-state index contributed by atoms with van der Waals surface area (Å²) in [6.07, 6.45) is 0. The van der Waals surface area contributed by atoms with Gasteiger partial charge < -0.3 is 14.8 Å². The summed E-state index contributed by atoms with van der Waals surface area (Å²) in [6, 6.07) is 11.6. The molecule has 0 saturated carbocycles. The molecule has 0 aliphatic carbocycles. The topological polar surface area (TPSA) is 116 Å². The Hall–Kier alpha value is -4.22. The SMILES string of the molecule is Cc1cc(C(C)Nc2ccc(Cl)nc2C(=O)O)c2oc(-c3cc(F)ccc3C#N)c(C)c(=O)c2c1. The minimum Gasteiger partial charge on any atom is -0.476 e. The summed E-state index contributed by atoms with van der Waals surface area (Å²) < 4.78 is 20.2. The number of nitrogens with zero attached hydrogens (tertiary/aromatic N) is 2. The minimum atomic E-state index is -1.25. The minimum absolute atomic E-state index is 0.0381. The van der Waals surface area contributed by atoms with Gasteiger partial charge in [-0.2, -0.15) is 5.26 Å². The van der Waals surface area contributed by atoms with Crippen LogP contribution in [0.3, 0.4) is 0 Å². The van der Waals surface area contributed by atoms with Crippen molar-refractivity contribution >= 4 is 34.2 Å². The number of aromatic carboxylic acids is 1. The zero-order chi connectivity index (χ0) is 25.4. The Bertz CT molecular complexity index is 1610. The van der Waals surface area contributed by atoms with Gasteiger partial charge in [0.25, 0.3) is 0 Å². The first-order valence-corrected chi connectivity index (χ1v) is 10.9. The lowest BCUT2D eigenvalue weighted by Gasteiger charge is -2.19. The Morgan fingerprint density at radius 2 is 1.97 bits per heavy atom. The summed E-state index contributed by atoms with van der Waals surface area (Å²) in [5.74, 6) is -1.73. The summed E-state index contributed by atoms with van der Waals surface area (Å²) in [4.78, 5) is 28.8. The Morgan fingerprint density at radius 3 is 2.66 bits per heavy atom. The van der Waals surface area contributed by atoms with E-state index in [9.17, 15) is 24.3 Å². The maximum Gasteiger partial charge on any atom is 0.356 e. The predicted octanol–water partition coefficient (Wildman–Crippen LogP) is 6.01. The number of aryl methyl sites for hydroxylation is 1. The maximum absolute atomic E-state index is 14.0. The number of aromatic nitrogens is 1. The zero-order valence-electron chi connectivity index (χ0n) is 18.9. The van der Waals surface area contributed by atoms with Crippen LogP contribution in [0.2, 0.25) is 5.15 Å². The fraction of sp³-hybridized carbons (Fsp3) is 0.154. The van der Waals surface area contributed by atoms with Crippen molar-refractivity contribution in [2.75, 3.05) is 5.32 Å². The highest BCUT2D eigenvalue weighted by molar-refractivity contribution is 6.29. The number of hydrogen-bond donors (Lipinski definition) is 2. The van der Waals surface area contributed by atoms with Crippen molar-refractivity contribution in [2.24, 2.45) is 0 Å². The summed E-state index contributed by atoms with van der Waals surface area (Å²) >= 11 is 5.86. The van der Waals surface area contributed by atoms with Crippen molar-refractivity contribution in [1.82, 2.24) is 4.98 Å². The second kappa shape index (κ2) is 9.20. The van der Waals surface area contributed by atoms with Gasteiger partial charge in [-0.1, -0.05) is 17.7 Å². The van der Waals surface area contributed by atoms with E-state index in [2.05, 4.69) is 10.3 Å². The first-order chi connectivity index (χ1) is 16.6. The third kappa shape index (κ3) is 4.46. The number of pyridine rings is 1. The number of nitrogens with one attached hydrogen (secondary N) is 1. The molecule has 1 atom stereocenters. The number of anilines is 1. The summed E-state index contributed by atoms with van der Waals surface area (Å²) in [5.41, 5.74) is 1.84. The van der Waals surface area contributed by atoms with Crippen molar-refractivity contribution in [2.45, 2.75) is 26.8 Å². The van der Waals surface area contributed by atoms with Crippen LogP contribution in [0.4, 0.5) is 10.1 Å². The molecule has 0 bridgehead atoms. The molecule has 4 aromatic rings. The Kier molecular flexibility index (Phi) is 6.29. The molecule has 0 spiro atoms. The van der Waals surface area contributed by atoms with Gasteiger partial charge in [-0.25, -0.2) is 14.2 Å². The number of hydrogen-bond acceptors (Lipinski definition) is 6. The van der Waals surface area contributed by atoms with Crippen molar-refractivity contribution in [3.63, 3.8) is 0 Å². The molecule has 9 heteroatoms. The van der Waals surface area contributed by atoms with Crippen molar-refractivity contribution in [1.29, 1.82) is 5.26 Å². The monoisotopic (exact) mass is 491 g/mol.